The lowest BCUT2D eigenvalue weighted by molar-refractivity contribution is 0.820. The quantitative estimate of drug-likeness (QED) is 0.895. The minimum Gasteiger partial charge on any atom is -0.369 e. The van der Waals surface area contributed by atoms with Crippen LogP contribution in [0.2, 0.25) is 0 Å². The van der Waals surface area contributed by atoms with Crippen LogP contribution in [0.25, 0.3) is 0 Å². The molecule has 1 heterocycles. The van der Waals surface area contributed by atoms with E-state index in [9.17, 15) is 0 Å². The van der Waals surface area contributed by atoms with Crippen molar-refractivity contribution in [3.8, 4) is 0 Å². The fraction of sp³-hybridized carbons (Fsp3) is 0.600. The molecule has 0 aliphatic rings. The molecule has 0 spiro atoms. The van der Waals surface area contributed by atoms with Gasteiger partial charge in [0.25, 0.3) is 0 Å². The van der Waals surface area contributed by atoms with Crippen molar-refractivity contribution in [2.45, 2.75) is 20.8 Å². The van der Waals surface area contributed by atoms with Gasteiger partial charge in [0, 0.05) is 25.8 Å². The molecule has 0 aliphatic carbocycles. The van der Waals surface area contributed by atoms with E-state index in [0.29, 0.717) is 0 Å². The van der Waals surface area contributed by atoms with Crippen LogP contribution in [0.3, 0.4) is 0 Å². The summed E-state index contributed by atoms with van der Waals surface area (Å²) in [5, 5.41) is 3.19. The zero-order chi connectivity index (χ0) is 11.3. The number of rotatable bonds is 5. The Hall–Kier alpha value is -0.840. The van der Waals surface area contributed by atoms with Crippen LogP contribution in [-0.4, -0.2) is 29.6 Å². The molecular formula is C10H17BrN4. The first-order valence-electron chi connectivity index (χ1n) is 5.24. The van der Waals surface area contributed by atoms with Gasteiger partial charge in [-0.15, -0.1) is 0 Å². The van der Waals surface area contributed by atoms with Crippen molar-refractivity contribution in [3.63, 3.8) is 0 Å². The average molecular weight is 273 g/mol. The van der Waals surface area contributed by atoms with E-state index in [0.717, 1.165) is 35.9 Å². The van der Waals surface area contributed by atoms with E-state index >= 15 is 0 Å². The van der Waals surface area contributed by atoms with Gasteiger partial charge in [0.2, 0.25) is 5.95 Å². The topological polar surface area (TPSA) is 41.1 Å². The molecule has 0 aliphatic heterocycles. The third-order valence-electron chi connectivity index (χ3n) is 2.12. The van der Waals surface area contributed by atoms with Crippen molar-refractivity contribution < 1.29 is 0 Å². The molecular weight excluding hydrogens is 256 g/mol. The van der Waals surface area contributed by atoms with Gasteiger partial charge in [-0.2, -0.15) is 4.98 Å². The Balaban J connectivity index is 2.95. The first-order chi connectivity index (χ1) is 7.22. The fourth-order valence-electron chi connectivity index (χ4n) is 1.31. The molecule has 0 saturated heterocycles. The van der Waals surface area contributed by atoms with E-state index in [-0.39, 0.29) is 0 Å². The molecule has 5 heteroatoms. The predicted molar refractivity (Wildman–Crippen MR) is 67.5 cm³/mol. The number of aromatic nitrogens is 2. The molecule has 0 aromatic carbocycles. The first-order valence-corrected chi connectivity index (χ1v) is 6.03. The van der Waals surface area contributed by atoms with E-state index < -0.39 is 0 Å². The summed E-state index contributed by atoms with van der Waals surface area (Å²) in [6.07, 6.45) is 1.79. The molecule has 1 rings (SSSR count). The van der Waals surface area contributed by atoms with Crippen LogP contribution in [0.5, 0.6) is 0 Å². The minimum atomic E-state index is 0.777. The zero-order valence-corrected chi connectivity index (χ0v) is 11.0. The summed E-state index contributed by atoms with van der Waals surface area (Å²) in [5.74, 6) is 1.63. The van der Waals surface area contributed by atoms with Crippen LogP contribution >= 0.6 is 15.9 Å². The maximum Gasteiger partial charge on any atom is 0.227 e. The van der Waals surface area contributed by atoms with Crippen molar-refractivity contribution in [3.05, 3.63) is 10.7 Å². The van der Waals surface area contributed by atoms with Crippen molar-refractivity contribution in [1.82, 2.24) is 9.97 Å². The minimum absolute atomic E-state index is 0.777. The lowest BCUT2D eigenvalue weighted by atomic mass is 10.5. The number of hydrogen-bond acceptors (Lipinski definition) is 4. The summed E-state index contributed by atoms with van der Waals surface area (Å²) in [5.41, 5.74) is 0. The van der Waals surface area contributed by atoms with Gasteiger partial charge in [-0.25, -0.2) is 4.98 Å². The van der Waals surface area contributed by atoms with Crippen molar-refractivity contribution in [2.24, 2.45) is 0 Å². The monoisotopic (exact) mass is 272 g/mol. The second kappa shape index (κ2) is 5.90. The molecule has 0 saturated carbocycles. The SMILES string of the molecule is CCNc1nc(N(CC)CC)ncc1Br. The van der Waals surface area contributed by atoms with Gasteiger partial charge in [-0.3, -0.25) is 0 Å². The molecule has 0 atom stereocenters. The average Bonchev–Trinajstić information content (AvgIpc) is 2.25. The van der Waals surface area contributed by atoms with Gasteiger partial charge in [0.05, 0.1) is 4.47 Å². The van der Waals surface area contributed by atoms with Gasteiger partial charge in [0.1, 0.15) is 5.82 Å². The first kappa shape index (κ1) is 12.2. The Morgan fingerprint density at radius 2 is 2.00 bits per heavy atom. The highest BCUT2D eigenvalue weighted by Gasteiger charge is 2.08. The predicted octanol–water partition coefficient (Wildman–Crippen LogP) is 2.52. The van der Waals surface area contributed by atoms with Crippen molar-refractivity contribution >= 4 is 27.7 Å². The third kappa shape index (κ3) is 3.06. The lowest BCUT2D eigenvalue weighted by Crippen LogP contribution is -2.24. The highest BCUT2D eigenvalue weighted by atomic mass is 79.9. The van der Waals surface area contributed by atoms with Crippen LogP contribution in [0, 0.1) is 0 Å². The molecule has 1 aromatic rings. The summed E-state index contributed by atoms with van der Waals surface area (Å²) in [6.45, 7) is 8.94. The summed E-state index contributed by atoms with van der Waals surface area (Å²) < 4.78 is 0.903. The Morgan fingerprint density at radius 1 is 1.33 bits per heavy atom. The molecule has 84 valence electrons. The van der Waals surface area contributed by atoms with Crippen LogP contribution < -0.4 is 10.2 Å². The van der Waals surface area contributed by atoms with Gasteiger partial charge >= 0.3 is 0 Å². The van der Waals surface area contributed by atoms with Crippen molar-refractivity contribution in [1.29, 1.82) is 0 Å². The molecule has 1 aromatic heterocycles. The maximum atomic E-state index is 4.46. The number of nitrogens with one attached hydrogen (secondary N) is 1. The highest BCUT2D eigenvalue weighted by Crippen LogP contribution is 2.21. The number of hydrogen-bond donors (Lipinski definition) is 1. The molecule has 0 amide bonds. The molecule has 0 unspecified atom stereocenters. The van der Waals surface area contributed by atoms with E-state index in [2.05, 4.69) is 50.0 Å². The van der Waals surface area contributed by atoms with E-state index in [1.54, 1.807) is 6.20 Å². The molecule has 0 bridgehead atoms. The van der Waals surface area contributed by atoms with E-state index in [1.165, 1.54) is 0 Å². The molecule has 0 fully saturated rings. The summed E-state index contributed by atoms with van der Waals surface area (Å²) in [7, 11) is 0. The molecule has 1 N–H and O–H groups in total. The number of halogens is 1. The fourth-order valence-corrected chi connectivity index (χ4v) is 1.64. The Bertz CT molecular complexity index is 312. The van der Waals surface area contributed by atoms with Gasteiger partial charge in [0.15, 0.2) is 0 Å². The third-order valence-corrected chi connectivity index (χ3v) is 2.70. The van der Waals surface area contributed by atoms with Gasteiger partial charge < -0.3 is 10.2 Å². The number of nitrogens with zero attached hydrogens (tertiary/aromatic N) is 3. The van der Waals surface area contributed by atoms with Crippen LogP contribution in [-0.2, 0) is 0 Å². The molecule has 4 nitrogen and oxygen atoms in total. The van der Waals surface area contributed by atoms with Crippen LogP contribution in [0.15, 0.2) is 10.7 Å². The summed E-state index contributed by atoms with van der Waals surface area (Å²) >= 11 is 3.42. The standard InChI is InChI=1S/C10H17BrN4/c1-4-12-9-8(11)7-13-10(14-9)15(5-2)6-3/h7H,4-6H2,1-3H3,(H,12,13,14). The number of anilines is 2. The second-order valence-electron chi connectivity index (χ2n) is 3.07. The lowest BCUT2D eigenvalue weighted by Gasteiger charge is -2.19. The zero-order valence-electron chi connectivity index (χ0n) is 9.42. The molecule has 15 heavy (non-hydrogen) atoms. The normalized spacial score (nSPS) is 10.1. The summed E-state index contributed by atoms with van der Waals surface area (Å²) in [6, 6.07) is 0. The largest absolute Gasteiger partial charge is 0.369 e. The smallest absolute Gasteiger partial charge is 0.227 e. The maximum absolute atomic E-state index is 4.46. The van der Waals surface area contributed by atoms with Gasteiger partial charge in [-0.05, 0) is 36.7 Å². The Kier molecular flexibility index (Phi) is 4.81. The summed E-state index contributed by atoms with van der Waals surface area (Å²) in [4.78, 5) is 10.9. The van der Waals surface area contributed by atoms with Crippen LogP contribution in [0.4, 0.5) is 11.8 Å². The molecule has 0 radical (unpaired) electrons. The van der Waals surface area contributed by atoms with Gasteiger partial charge in [-0.1, -0.05) is 0 Å². The van der Waals surface area contributed by atoms with Crippen LogP contribution in [0.1, 0.15) is 20.8 Å². The highest BCUT2D eigenvalue weighted by molar-refractivity contribution is 9.10. The Morgan fingerprint density at radius 3 is 2.53 bits per heavy atom. The van der Waals surface area contributed by atoms with E-state index in [4.69, 9.17) is 0 Å². The van der Waals surface area contributed by atoms with E-state index in [1.807, 2.05) is 6.92 Å². The second-order valence-corrected chi connectivity index (χ2v) is 3.92. The Labute approximate surface area is 99.2 Å². The van der Waals surface area contributed by atoms with Crippen molar-refractivity contribution in [2.75, 3.05) is 29.9 Å².